The van der Waals surface area contributed by atoms with Crippen molar-refractivity contribution in [2.24, 2.45) is 0 Å². The van der Waals surface area contributed by atoms with E-state index < -0.39 is 11.2 Å². The van der Waals surface area contributed by atoms with Crippen LogP contribution in [0.2, 0.25) is 0 Å². The molecule has 0 aliphatic heterocycles. The zero-order valence-electron chi connectivity index (χ0n) is 14.5. The Morgan fingerprint density at radius 3 is 2.62 bits per heavy atom. The molecule has 7 nitrogen and oxygen atoms in total. The molecule has 0 spiro atoms. The summed E-state index contributed by atoms with van der Waals surface area (Å²) in [6, 6.07) is 13.1. The van der Waals surface area contributed by atoms with Gasteiger partial charge in [0.1, 0.15) is 0 Å². The van der Waals surface area contributed by atoms with Crippen LogP contribution in [-0.4, -0.2) is 35.2 Å². The maximum Gasteiger partial charge on any atom is 0.333 e. The van der Waals surface area contributed by atoms with Gasteiger partial charge < -0.3 is 15.0 Å². The average molecular weight is 353 g/mol. The maximum atomic E-state index is 12.7. The van der Waals surface area contributed by atoms with Crippen LogP contribution in [0.4, 0.5) is 0 Å². The summed E-state index contributed by atoms with van der Waals surface area (Å²) >= 11 is 0. The maximum absolute atomic E-state index is 12.7. The summed E-state index contributed by atoms with van der Waals surface area (Å²) in [5.41, 5.74) is 0.164. The number of H-pyrrole nitrogens is 1. The topological polar surface area (TPSA) is 93.2 Å². The minimum absolute atomic E-state index is 0.159. The zero-order chi connectivity index (χ0) is 18.7. The summed E-state index contributed by atoms with van der Waals surface area (Å²) in [6.45, 7) is 2.21. The molecule has 3 aromatic rings. The van der Waals surface area contributed by atoms with Gasteiger partial charge in [0.25, 0.3) is 11.5 Å². The second-order valence-corrected chi connectivity index (χ2v) is 6.00. The Balaban J connectivity index is 2.04. The first-order valence-electron chi connectivity index (χ1n) is 8.15. The van der Waals surface area contributed by atoms with Crippen molar-refractivity contribution in [3.05, 3.63) is 74.9 Å². The van der Waals surface area contributed by atoms with Gasteiger partial charge in [0.2, 0.25) is 0 Å². The van der Waals surface area contributed by atoms with Gasteiger partial charge in [-0.1, -0.05) is 18.2 Å². The molecule has 1 aromatic heterocycles. The molecule has 0 saturated heterocycles. The fourth-order valence-electron chi connectivity index (χ4n) is 2.77. The molecule has 1 heterocycles. The third kappa shape index (κ3) is 3.43. The largest absolute Gasteiger partial charge is 0.383 e. The van der Waals surface area contributed by atoms with E-state index >= 15 is 0 Å². The second-order valence-electron chi connectivity index (χ2n) is 6.00. The lowest BCUT2D eigenvalue weighted by atomic mass is 10.1. The van der Waals surface area contributed by atoms with Crippen molar-refractivity contribution in [2.75, 3.05) is 13.7 Å². The molecule has 0 fully saturated rings. The summed E-state index contributed by atoms with van der Waals surface area (Å²) in [7, 11) is 1.56. The number of fused-ring (bicyclic) bond motifs is 1. The number of aromatic amines is 1. The van der Waals surface area contributed by atoms with Gasteiger partial charge in [0.15, 0.2) is 0 Å². The molecule has 1 amide bonds. The molecule has 0 aliphatic rings. The first-order valence-corrected chi connectivity index (χ1v) is 8.15. The molecular weight excluding hydrogens is 334 g/mol. The van der Waals surface area contributed by atoms with Crippen LogP contribution in [0.1, 0.15) is 17.3 Å². The highest BCUT2D eigenvalue weighted by molar-refractivity contribution is 5.97. The lowest BCUT2D eigenvalue weighted by Crippen LogP contribution is -2.36. The third-order valence-corrected chi connectivity index (χ3v) is 3.97. The predicted molar refractivity (Wildman–Crippen MR) is 99.0 cm³/mol. The summed E-state index contributed by atoms with van der Waals surface area (Å²) in [5.74, 6) is -0.301. The van der Waals surface area contributed by atoms with Crippen LogP contribution in [0.25, 0.3) is 16.6 Å². The third-order valence-electron chi connectivity index (χ3n) is 3.97. The van der Waals surface area contributed by atoms with E-state index in [4.69, 9.17) is 4.74 Å². The van der Waals surface area contributed by atoms with Gasteiger partial charge in [-0.05, 0) is 37.3 Å². The van der Waals surface area contributed by atoms with Crippen molar-refractivity contribution in [3.8, 4) is 5.69 Å². The number of nitrogens with one attached hydrogen (secondary N) is 2. The number of carbonyl (C=O) groups is 1. The Morgan fingerprint density at radius 1 is 1.19 bits per heavy atom. The first-order chi connectivity index (χ1) is 12.5. The van der Waals surface area contributed by atoms with E-state index in [1.54, 1.807) is 49.6 Å². The van der Waals surface area contributed by atoms with Crippen molar-refractivity contribution < 1.29 is 9.53 Å². The number of ether oxygens (including phenoxy) is 1. The highest BCUT2D eigenvalue weighted by atomic mass is 16.5. The van der Waals surface area contributed by atoms with E-state index in [1.165, 1.54) is 6.07 Å². The standard InChI is InChI=1S/C19H19N3O4/c1-12(11-26-2)20-17(23)13-8-9-15-16(10-13)21-19(25)22(18(15)24)14-6-4-3-5-7-14/h3-10,12H,11H2,1-2H3,(H,20,23)(H,21,25). The number of hydrogen-bond acceptors (Lipinski definition) is 4. The summed E-state index contributed by atoms with van der Waals surface area (Å²) in [5, 5.41) is 3.12. The minimum atomic E-state index is -0.556. The van der Waals surface area contributed by atoms with Crippen LogP contribution in [-0.2, 0) is 4.74 Å². The number of benzene rings is 2. The van der Waals surface area contributed by atoms with Gasteiger partial charge in [-0.25, -0.2) is 9.36 Å². The van der Waals surface area contributed by atoms with Gasteiger partial charge in [-0.2, -0.15) is 0 Å². The SMILES string of the molecule is COCC(C)NC(=O)c1ccc2c(=O)n(-c3ccccc3)c(=O)[nH]c2c1. The van der Waals surface area contributed by atoms with E-state index in [0.29, 0.717) is 28.8 Å². The van der Waals surface area contributed by atoms with E-state index in [2.05, 4.69) is 10.3 Å². The summed E-state index contributed by atoms with van der Waals surface area (Å²) < 4.78 is 6.06. The number of carbonyl (C=O) groups excluding carboxylic acids is 1. The Bertz CT molecular complexity index is 1050. The number of methoxy groups -OCH3 is 1. The van der Waals surface area contributed by atoms with Crippen molar-refractivity contribution in [1.29, 1.82) is 0 Å². The monoisotopic (exact) mass is 353 g/mol. The van der Waals surface area contributed by atoms with Crippen LogP contribution in [0.5, 0.6) is 0 Å². The molecule has 0 aliphatic carbocycles. The molecule has 2 aromatic carbocycles. The van der Waals surface area contributed by atoms with Crippen LogP contribution in [0.3, 0.4) is 0 Å². The number of amides is 1. The fraction of sp³-hybridized carbons (Fsp3) is 0.211. The molecule has 0 bridgehead atoms. The van der Waals surface area contributed by atoms with Gasteiger partial charge in [-0.15, -0.1) is 0 Å². The van der Waals surface area contributed by atoms with E-state index in [9.17, 15) is 14.4 Å². The second kappa shape index (κ2) is 7.37. The summed E-state index contributed by atoms with van der Waals surface area (Å²) in [4.78, 5) is 40.1. The van der Waals surface area contributed by atoms with Crippen LogP contribution in [0, 0.1) is 0 Å². The van der Waals surface area contributed by atoms with E-state index in [0.717, 1.165) is 4.57 Å². The molecule has 2 N–H and O–H groups in total. The zero-order valence-corrected chi connectivity index (χ0v) is 14.5. The van der Waals surface area contributed by atoms with E-state index in [1.807, 2.05) is 6.92 Å². The van der Waals surface area contributed by atoms with Gasteiger partial charge in [0, 0.05) is 18.7 Å². The number of hydrogen-bond donors (Lipinski definition) is 2. The Labute approximate surface area is 149 Å². The predicted octanol–water partition coefficient (Wildman–Crippen LogP) is 1.44. The average Bonchev–Trinajstić information content (AvgIpc) is 2.62. The highest BCUT2D eigenvalue weighted by Crippen LogP contribution is 2.11. The molecule has 3 rings (SSSR count). The molecule has 26 heavy (non-hydrogen) atoms. The highest BCUT2D eigenvalue weighted by Gasteiger charge is 2.13. The fourth-order valence-corrected chi connectivity index (χ4v) is 2.77. The number of rotatable bonds is 5. The molecule has 7 heteroatoms. The summed E-state index contributed by atoms with van der Waals surface area (Å²) in [6.07, 6.45) is 0. The smallest absolute Gasteiger partial charge is 0.333 e. The Morgan fingerprint density at radius 2 is 1.92 bits per heavy atom. The lowest BCUT2D eigenvalue weighted by Gasteiger charge is -2.13. The van der Waals surface area contributed by atoms with Gasteiger partial charge >= 0.3 is 5.69 Å². The van der Waals surface area contributed by atoms with Gasteiger partial charge in [-0.3, -0.25) is 9.59 Å². The number of nitrogens with zero attached hydrogens (tertiary/aromatic N) is 1. The van der Waals surface area contributed by atoms with Gasteiger partial charge in [0.05, 0.1) is 23.2 Å². The van der Waals surface area contributed by atoms with Crippen LogP contribution in [0.15, 0.2) is 58.1 Å². The molecule has 1 unspecified atom stereocenters. The molecule has 0 radical (unpaired) electrons. The molecule has 0 saturated carbocycles. The first kappa shape index (κ1) is 17.6. The van der Waals surface area contributed by atoms with Crippen molar-refractivity contribution in [2.45, 2.75) is 13.0 Å². The molecule has 134 valence electrons. The van der Waals surface area contributed by atoms with E-state index in [-0.39, 0.29) is 11.9 Å². The number of aromatic nitrogens is 2. The van der Waals surface area contributed by atoms with Crippen LogP contribution < -0.4 is 16.6 Å². The minimum Gasteiger partial charge on any atom is -0.383 e. The van der Waals surface area contributed by atoms with Crippen LogP contribution >= 0.6 is 0 Å². The van der Waals surface area contributed by atoms with Crippen molar-refractivity contribution in [1.82, 2.24) is 14.9 Å². The van der Waals surface area contributed by atoms with Crippen molar-refractivity contribution >= 4 is 16.8 Å². The number of para-hydroxylation sites is 1. The quantitative estimate of drug-likeness (QED) is 0.726. The molecular formula is C19H19N3O4. The normalized spacial score (nSPS) is 12.1. The Hall–Kier alpha value is -3.19. The lowest BCUT2D eigenvalue weighted by molar-refractivity contribution is 0.0905. The molecule has 1 atom stereocenters. The van der Waals surface area contributed by atoms with Crippen molar-refractivity contribution in [3.63, 3.8) is 0 Å². The Kier molecular flexibility index (Phi) is 4.99.